The Labute approximate surface area is 113 Å². The molecule has 0 unspecified atom stereocenters. The standard InChI is InChI=1S/C11H12ClNO4S/c12-8-2-1-7(11(16)17)5-9(8)13-10(15)6-18-4-3-14/h1-2,5,14H,3-4,6H2,(H,13,15)(H,16,17). The number of halogens is 1. The second-order valence-corrected chi connectivity index (χ2v) is 4.84. The molecule has 0 aromatic heterocycles. The summed E-state index contributed by atoms with van der Waals surface area (Å²) >= 11 is 7.13. The van der Waals surface area contributed by atoms with Crippen LogP contribution in [0.4, 0.5) is 5.69 Å². The summed E-state index contributed by atoms with van der Waals surface area (Å²) in [5, 5.41) is 20.2. The fourth-order valence-electron chi connectivity index (χ4n) is 1.17. The lowest BCUT2D eigenvalue weighted by Crippen LogP contribution is -2.15. The summed E-state index contributed by atoms with van der Waals surface area (Å²) in [6.07, 6.45) is 0. The van der Waals surface area contributed by atoms with Gasteiger partial charge in [-0.05, 0) is 18.2 Å². The van der Waals surface area contributed by atoms with Crippen molar-refractivity contribution in [3.8, 4) is 0 Å². The van der Waals surface area contributed by atoms with Crippen LogP contribution in [0.25, 0.3) is 0 Å². The zero-order valence-corrected chi connectivity index (χ0v) is 10.9. The van der Waals surface area contributed by atoms with E-state index in [1.54, 1.807) is 0 Å². The summed E-state index contributed by atoms with van der Waals surface area (Å²) in [7, 11) is 0. The van der Waals surface area contributed by atoms with Gasteiger partial charge in [-0.1, -0.05) is 11.6 Å². The summed E-state index contributed by atoms with van der Waals surface area (Å²) in [5.74, 6) is -0.737. The van der Waals surface area contributed by atoms with Gasteiger partial charge in [0.25, 0.3) is 0 Å². The van der Waals surface area contributed by atoms with Gasteiger partial charge in [-0.3, -0.25) is 4.79 Å². The van der Waals surface area contributed by atoms with Crippen LogP contribution >= 0.6 is 23.4 Å². The molecule has 1 amide bonds. The number of carbonyl (C=O) groups excluding carboxylic acids is 1. The smallest absolute Gasteiger partial charge is 0.335 e. The third-order valence-corrected chi connectivity index (χ3v) is 3.22. The molecular formula is C11H12ClNO4S. The van der Waals surface area contributed by atoms with Crippen LogP contribution in [0, 0.1) is 0 Å². The van der Waals surface area contributed by atoms with Gasteiger partial charge in [0, 0.05) is 5.75 Å². The van der Waals surface area contributed by atoms with Gasteiger partial charge in [0.1, 0.15) is 0 Å². The number of hydrogen-bond acceptors (Lipinski definition) is 4. The average Bonchev–Trinajstić information content (AvgIpc) is 2.32. The number of rotatable bonds is 6. The zero-order valence-electron chi connectivity index (χ0n) is 9.35. The summed E-state index contributed by atoms with van der Waals surface area (Å²) in [4.78, 5) is 22.3. The van der Waals surface area contributed by atoms with Gasteiger partial charge in [-0.15, -0.1) is 11.8 Å². The topological polar surface area (TPSA) is 86.6 Å². The lowest BCUT2D eigenvalue weighted by atomic mass is 10.2. The first-order valence-corrected chi connectivity index (χ1v) is 6.59. The molecule has 3 N–H and O–H groups in total. The first kappa shape index (κ1) is 14.8. The maximum atomic E-state index is 11.5. The molecule has 0 bridgehead atoms. The summed E-state index contributed by atoms with van der Waals surface area (Å²) in [5.41, 5.74) is 0.323. The van der Waals surface area contributed by atoms with Gasteiger partial charge in [0.15, 0.2) is 0 Å². The van der Waals surface area contributed by atoms with E-state index in [0.29, 0.717) is 5.75 Å². The minimum absolute atomic E-state index is 0.00715. The number of thioether (sulfide) groups is 1. The Hall–Kier alpha value is -1.24. The van der Waals surface area contributed by atoms with Crippen molar-refractivity contribution in [1.29, 1.82) is 0 Å². The Bertz CT molecular complexity index is 453. The van der Waals surface area contributed by atoms with Crippen molar-refractivity contribution in [2.75, 3.05) is 23.4 Å². The highest BCUT2D eigenvalue weighted by Crippen LogP contribution is 2.23. The number of anilines is 1. The van der Waals surface area contributed by atoms with Gasteiger partial charge in [-0.25, -0.2) is 4.79 Å². The highest BCUT2D eigenvalue weighted by atomic mass is 35.5. The van der Waals surface area contributed by atoms with Crippen LogP contribution in [-0.4, -0.2) is 40.2 Å². The molecule has 0 spiro atoms. The number of carboxylic acid groups (broad SMARTS) is 1. The normalized spacial score (nSPS) is 10.1. The fraction of sp³-hybridized carbons (Fsp3) is 0.273. The van der Waals surface area contributed by atoms with E-state index in [-0.39, 0.29) is 34.5 Å². The minimum atomic E-state index is -1.09. The predicted molar refractivity (Wildman–Crippen MR) is 71.5 cm³/mol. The van der Waals surface area contributed by atoms with Crippen LogP contribution in [0.1, 0.15) is 10.4 Å². The van der Waals surface area contributed by atoms with Gasteiger partial charge in [-0.2, -0.15) is 0 Å². The Morgan fingerprint density at radius 2 is 2.11 bits per heavy atom. The molecule has 1 rings (SSSR count). The molecule has 7 heteroatoms. The van der Waals surface area contributed by atoms with Crippen molar-refractivity contribution in [3.05, 3.63) is 28.8 Å². The third-order valence-electron chi connectivity index (χ3n) is 1.96. The molecule has 0 heterocycles. The van der Waals surface area contributed by atoms with Crippen molar-refractivity contribution < 1.29 is 19.8 Å². The number of benzene rings is 1. The van der Waals surface area contributed by atoms with Crippen LogP contribution in [-0.2, 0) is 4.79 Å². The van der Waals surface area contributed by atoms with Gasteiger partial charge < -0.3 is 15.5 Å². The Morgan fingerprint density at radius 1 is 1.39 bits per heavy atom. The van der Waals surface area contributed by atoms with E-state index in [9.17, 15) is 9.59 Å². The van der Waals surface area contributed by atoms with E-state index in [1.165, 1.54) is 30.0 Å². The molecule has 0 aliphatic carbocycles. The molecule has 0 saturated heterocycles. The number of hydrogen-bond donors (Lipinski definition) is 3. The molecule has 18 heavy (non-hydrogen) atoms. The van der Waals surface area contributed by atoms with Gasteiger partial charge in [0.2, 0.25) is 5.91 Å². The van der Waals surface area contributed by atoms with Gasteiger partial charge in [0.05, 0.1) is 28.6 Å². The number of aliphatic hydroxyl groups is 1. The summed E-state index contributed by atoms with van der Waals surface area (Å²) in [6, 6.07) is 4.08. The molecule has 0 aliphatic heterocycles. The Balaban J connectivity index is 2.68. The summed E-state index contributed by atoms with van der Waals surface area (Å²) < 4.78 is 0. The summed E-state index contributed by atoms with van der Waals surface area (Å²) in [6.45, 7) is 0.00715. The number of aromatic carboxylic acids is 1. The lowest BCUT2D eigenvalue weighted by molar-refractivity contribution is -0.113. The first-order valence-electron chi connectivity index (χ1n) is 5.06. The number of carboxylic acids is 1. The van der Waals surface area contributed by atoms with E-state index >= 15 is 0 Å². The van der Waals surface area contributed by atoms with Crippen LogP contribution in [0.2, 0.25) is 5.02 Å². The number of nitrogens with one attached hydrogen (secondary N) is 1. The third kappa shape index (κ3) is 4.56. The molecule has 1 aromatic carbocycles. The molecule has 5 nitrogen and oxygen atoms in total. The molecule has 1 aromatic rings. The Morgan fingerprint density at radius 3 is 2.72 bits per heavy atom. The second-order valence-electron chi connectivity index (χ2n) is 3.32. The van der Waals surface area contributed by atoms with Crippen molar-refractivity contribution in [2.45, 2.75) is 0 Å². The molecule has 0 aliphatic rings. The molecule has 98 valence electrons. The maximum absolute atomic E-state index is 11.5. The highest BCUT2D eigenvalue weighted by molar-refractivity contribution is 7.99. The maximum Gasteiger partial charge on any atom is 0.335 e. The van der Waals surface area contributed by atoms with Crippen molar-refractivity contribution in [3.63, 3.8) is 0 Å². The van der Waals surface area contributed by atoms with Crippen molar-refractivity contribution in [2.24, 2.45) is 0 Å². The second kappa shape index (κ2) is 7.25. The van der Waals surface area contributed by atoms with E-state index in [4.69, 9.17) is 21.8 Å². The number of amides is 1. The first-order chi connectivity index (χ1) is 8.54. The SMILES string of the molecule is O=C(CSCCO)Nc1cc(C(=O)O)ccc1Cl. The monoisotopic (exact) mass is 289 g/mol. The number of carbonyl (C=O) groups is 2. The average molecular weight is 290 g/mol. The van der Waals surface area contributed by atoms with Crippen LogP contribution in [0.15, 0.2) is 18.2 Å². The molecular weight excluding hydrogens is 278 g/mol. The quantitative estimate of drug-likeness (QED) is 0.694. The van der Waals surface area contributed by atoms with Crippen LogP contribution in [0.5, 0.6) is 0 Å². The molecule has 0 radical (unpaired) electrons. The fourth-order valence-corrected chi connectivity index (χ4v) is 1.87. The zero-order chi connectivity index (χ0) is 13.5. The van der Waals surface area contributed by atoms with Crippen LogP contribution in [0.3, 0.4) is 0 Å². The Kier molecular flexibility index (Phi) is 5.97. The molecule has 0 saturated carbocycles. The molecule has 0 atom stereocenters. The predicted octanol–water partition coefficient (Wildman–Crippen LogP) is 1.70. The van der Waals surface area contributed by atoms with E-state index < -0.39 is 5.97 Å². The van der Waals surface area contributed by atoms with E-state index in [0.717, 1.165) is 0 Å². The highest BCUT2D eigenvalue weighted by Gasteiger charge is 2.10. The number of aliphatic hydroxyl groups excluding tert-OH is 1. The molecule has 0 fully saturated rings. The lowest BCUT2D eigenvalue weighted by Gasteiger charge is -2.07. The minimum Gasteiger partial charge on any atom is -0.478 e. The van der Waals surface area contributed by atoms with Crippen LogP contribution < -0.4 is 5.32 Å². The van der Waals surface area contributed by atoms with E-state index in [1.807, 2.05) is 0 Å². The van der Waals surface area contributed by atoms with E-state index in [2.05, 4.69) is 5.32 Å². The van der Waals surface area contributed by atoms with Gasteiger partial charge >= 0.3 is 5.97 Å². The van der Waals surface area contributed by atoms with Crippen molar-refractivity contribution >= 4 is 40.9 Å². The van der Waals surface area contributed by atoms with Crippen molar-refractivity contribution in [1.82, 2.24) is 0 Å². The largest absolute Gasteiger partial charge is 0.478 e.